The van der Waals surface area contributed by atoms with E-state index >= 15 is 0 Å². The number of carbonyl (C=O) groups excluding carboxylic acids is 2. The summed E-state index contributed by atoms with van der Waals surface area (Å²) in [6.07, 6.45) is 1.13. The highest BCUT2D eigenvalue weighted by atomic mass is 19.1. The lowest BCUT2D eigenvalue weighted by atomic mass is 10.2. The second-order valence-electron chi connectivity index (χ2n) is 4.54. The number of hydrazone groups is 1. The van der Waals surface area contributed by atoms with Gasteiger partial charge in [-0.2, -0.15) is 5.10 Å². The highest BCUT2D eigenvalue weighted by Crippen LogP contribution is 2.08. The van der Waals surface area contributed by atoms with E-state index in [-0.39, 0.29) is 5.56 Å². The zero-order chi connectivity index (χ0) is 15.9. The summed E-state index contributed by atoms with van der Waals surface area (Å²) in [6.45, 7) is 1.91. The van der Waals surface area contributed by atoms with E-state index in [1.54, 1.807) is 24.3 Å². The number of aryl methyl sites for hydroxylation is 1. The van der Waals surface area contributed by atoms with Crippen LogP contribution >= 0.6 is 0 Å². The molecule has 0 unspecified atom stereocenters. The monoisotopic (exact) mass is 299 g/mol. The van der Waals surface area contributed by atoms with Crippen molar-refractivity contribution in [2.24, 2.45) is 5.10 Å². The van der Waals surface area contributed by atoms with Crippen LogP contribution in [0.2, 0.25) is 0 Å². The van der Waals surface area contributed by atoms with Gasteiger partial charge < -0.3 is 5.32 Å². The fourth-order valence-electron chi connectivity index (χ4n) is 1.62. The fourth-order valence-corrected chi connectivity index (χ4v) is 1.62. The Morgan fingerprint density at radius 3 is 2.41 bits per heavy atom. The van der Waals surface area contributed by atoms with Crippen molar-refractivity contribution in [1.29, 1.82) is 0 Å². The molecule has 22 heavy (non-hydrogen) atoms. The molecule has 0 aromatic heterocycles. The van der Waals surface area contributed by atoms with Crippen LogP contribution in [0, 0.1) is 12.7 Å². The van der Waals surface area contributed by atoms with Crippen molar-refractivity contribution >= 4 is 23.7 Å². The average Bonchev–Trinajstić information content (AvgIpc) is 2.51. The van der Waals surface area contributed by atoms with Gasteiger partial charge >= 0.3 is 11.8 Å². The topological polar surface area (TPSA) is 70.6 Å². The van der Waals surface area contributed by atoms with Crippen LogP contribution in [0.4, 0.5) is 10.1 Å². The molecule has 5 nitrogen and oxygen atoms in total. The van der Waals surface area contributed by atoms with E-state index in [9.17, 15) is 14.0 Å². The number of hydrogen-bond acceptors (Lipinski definition) is 3. The highest BCUT2D eigenvalue weighted by molar-refractivity contribution is 6.39. The van der Waals surface area contributed by atoms with Crippen molar-refractivity contribution in [1.82, 2.24) is 5.43 Å². The smallest absolute Gasteiger partial charge is 0.318 e. The molecular formula is C16H14FN3O2. The summed E-state index contributed by atoms with van der Waals surface area (Å²) in [5.41, 5.74) is 3.79. The van der Waals surface area contributed by atoms with Crippen LogP contribution in [0.3, 0.4) is 0 Å². The van der Waals surface area contributed by atoms with E-state index in [4.69, 9.17) is 0 Å². The first-order chi connectivity index (χ1) is 10.6. The highest BCUT2D eigenvalue weighted by Gasteiger charge is 2.12. The van der Waals surface area contributed by atoms with Gasteiger partial charge in [-0.3, -0.25) is 9.59 Å². The van der Waals surface area contributed by atoms with Crippen LogP contribution in [-0.4, -0.2) is 18.0 Å². The molecular weight excluding hydrogens is 285 g/mol. The maximum atomic E-state index is 13.3. The Bertz CT molecular complexity index is 712. The van der Waals surface area contributed by atoms with Crippen LogP contribution in [0.15, 0.2) is 53.6 Å². The zero-order valence-corrected chi connectivity index (χ0v) is 11.8. The van der Waals surface area contributed by atoms with Crippen molar-refractivity contribution in [3.63, 3.8) is 0 Å². The second kappa shape index (κ2) is 7.12. The molecule has 0 aliphatic rings. The molecule has 0 saturated carbocycles. The fraction of sp³-hybridized carbons (Fsp3) is 0.0625. The Kier molecular flexibility index (Phi) is 4.98. The molecule has 0 saturated heterocycles. The lowest BCUT2D eigenvalue weighted by molar-refractivity contribution is -0.136. The molecule has 2 aromatic rings. The molecule has 2 N–H and O–H groups in total. The van der Waals surface area contributed by atoms with Gasteiger partial charge in [0, 0.05) is 11.3 Å². The molecule has 0 aliphatic carbocycles. The van der Waals surface area contributed by atoms with Crippen molar-refractivity contribution in [2.75, 3.05) is 5.32 Å². The molecule has 0 heterocycles. The van der Waals surface area contributed by atoms with E-state index in [0.29, 0.717) is 5.69 Å². The maximum Gasteiger partial charge on any atom is 0.329 e. The molecule has 0 spiro atoms. The number of halogens is 1. The van der Waals surface area contributed by atoms with Crippen molar-refractivity contribution in [2.45, 2.75) is 6.92 Å². The summed E-state index contributed by atoms with van der Waals surface area (Å²) in [4.78, 5) is 23.2. The molecule has 0 radical (unpaired) electrons. The van der Waals surface area contributed by atoms with E-state index < -0.39 is 17.6 Å². The summed E-state index contributed by atoms with van der Waals surface area (Å²) in [6, 6.07) is 12.9. The Morgan fingerprint density at radius 2 is 1.73 bits per heavy atom. The number of benzene rings is 2. The second-order valence-corrected chi connectivity index (χ2v) is 4.54. The van der Waals surface area contributed by atoms with Gasteiger partial charge in [0.05, 0.1) is 6.21 Å². The van der Waals surface area contributed by atoms with E-state index in [1.807, 2.05) is 24.5 Å². The number of carbonyl (C=O) groups is 2. The molecule has 0 fully saturated rings. The van der Waals surface area contributed by atoms with E-state index in [2.05, 4.69) is 10.4 Å². The number of nitrogens with one attached hydrogen (secondary N) is 2. The normalized spacial score (nSPS) is 10.5. The minimum Gasteiger partial charge on any atom is -0.318 e. The summed E-state index contributed by atoms with van der Waals surface area (Å²) >= 11 is 0. The van der Waals surface area contributed by atoms with Crippen LogP contribution in [0.5, 0.6) is 0 Å². The number of anilines is 1. The van der Waals surface area contributed by atoms with Crippen molar-refractivity contribution in [3.8, 4) is 0 Å². The van der Waals surface area contributed by atoms with Crippen molar-refractivity contribution < 1.29 is 14.0 Å². The van der Waals surface area contributed by atoms with Crippen LogP contribution in [0.25, 0.3) is 0 Å². The Labute approximate surface area is 126 Å². The van der Waals surface area contributed by atoms with Crippen LogP contribution < -0.4 is 10.7 Å². The maximum absolute atomic E-state index is 13.3. The first-order valence-electron chi connectivity index (χ1n) is 6.52. The molecule has 2 aromatic carbocycles. The lowest BCUT2D eigenvalue weighted by Crippen LogP contribution is -2.32. The molecule has 0 aliphatic heterocycles. The minimum atomic E-state index is -0.937. The van der Waals surface area contributed by atoms with Gasteiger partial charge in [-0.15, -0.1) is 0 Å². The predicted molar refractivity (Wildman–Crippen MR) is 81.9 cm³/mol. The Morgan fingerprint density at radius 1 is 1.05 bits per heavy atom. The molecule has 6 heteroatoms. The number of rotatable bonds is 3. The summed E-state index contributed by atoms with van der Waals surface area (Å²) in [5.74, 6) is -2.26. The Hall–Kier alpha value is -3.02. The van der Waals surface area contributed by atoms with Crippen LogP contribution in [0.1, 0.15) is 11.1 Å². The first kappa shape index (κ1) is 15.4. The van der Waals surface area contributed by atoms with Crippen LogP contribution in [-0.2, 0) is 9.59 Å². The van der Waals surface area contributed by atoms with Gasteiger partial charge in [0.1, 0.15) is 5.82 Å². The van der Waals surface area contributed by atoms with E-state index in [0.717, 1.165) is 11.8 Å². The van der Waals surface area contributed by atoms with Gasteiger partial charge in [-0.1, -0.05) is 35.9 Å². The average molecular weight is 299 g/mol. The van der Waals surface area contributed by atoms with Crippen molar-refractivity contribution in [3.05, 3.63) is 65.5 Å². The number of hydrogen-bond donors (Lipinski definition) is 2. The van der Waals surface area contributed by atoms with Gasteiger partial charge in [0.2, 0.25) is 0 Å². The summed E-state index contributed by atoms with van der Waals surface area (Å²) in [5, 5.41) is 5.98. The third kappa shape index (κ3) is 4.24. The first-order valence-corrected chi connectivity index (χ1v) is 6.52. The van der Waals surface area contributed by atoms with E-state index in [1.165, 1.54) is 12.1 Å². The third-order valence-electron chi connectivity index (χ3n) is 2.79. The molecule has 112 valence electrons. The minimum absolute atomic E-state index is 0.210. The summed E-state index contributed by atoms with van der Waals surface area (Å²) < 4.78 is 13.3. The number of nitrogens with zero attached hydrogens (tertiary/aromatic N) is 1. The molecule has 0 atom stereocenters. The quantitative estimate of drug-likeness (QED) is 0.518. The Balaban J connectivity index is 1.90. The lowest BCUT2D eigenvalue weighted by Gasteiger charge is -2.04. The van der Waals surface area contributed by atoms with Gasteiger partial charge in [0.25, 0.3) is 0 Å². The predicted octanol–water partition coefficient (Wildman–Crippen LogP) is 2.22. The standard InChI is InChI=1S/C16H14FN3O2/c1-11-6-8-13(9-7-11)19-15(21)16(22)20-18-10-12-4-2-3-5-14(12)17/h2-10H,1H3,(H,19,21)(H,20,22)/b18-10+. The molecule has 2 amide bonds. The molecule has 2 rings (SSSR count). The zero-order valence-electron chi connectivity index (χ0n) is 11.8. The van der Waals surface area contributed by atoms with Gasteiger partial charge in [0.15, 0.2) is 0 Å². The van der Waals surface area contributed by atoms with Gasteiger partial charge in [-0.25, -0.2) is 9.82 Å². The third-order valence-corrected chi connectivity index (χ3v) is 2.79. The summed E-state index contributed by atoms with van der Waals surface area (Å²) in [7, 11) is 0. The molecule has 0 bridgehead atoms. The SMILES string of the molecule is Cc1ccc(NC(=O)C(=O)N/N=C/c2ccccc2F)cc1. The van der Waals surface area contributed by atoms with Gasteiger partial charge in [-0.05, 0) is 25.1 Å². The number of amides is 2. The largest absolute Gasteiger partial charge is 0.329 e.